The lowest BCUT2D eigenvalue weighted by Gasteiger charge is -2.11. The van der Waals surface area contributed by atoms with Gasteiger partial charge in [-0.3, -0.25) is 0 Å². The number of aliphatic hydroxyl groups excluding tert-OH is 1. The van der Waals surface area contributed by atoms with E-state index in [2.05, 4.69) is 30.7 Å². The largest absolute Gasteiger partial charge is 0.394 e. The third kappa shape index (κ3) is 4.51. The third-order valence-electron chi connectivity index (χ3n) is 3.61. The van der Waals surface area contributed by atoms with Gasteiger partial charge in [-0.25, -0.2) is 23.5 Å². The second kappa shape index (κ2) is 7.75. The molecule has 0 aliphatic carbocycles. The Hall–Kier alpha value is -3.29. The van der Waals surface area contributed by atoms with Crippen molar-refractivity contribution in [2.75, 3.05) is 23.0 Å². The predicted molar refractivity (Wildman–Crippen MR) is 103 cm³/mol. The van der Waals surface area contributed by atoms with Crippen LogP contribution in [-0.2, 0) is 10.0 Å². The van der Waals surface area contributed by atoms with E-state index in [4.69, 9.17) is 16.0 Å². The van der Waals surface area contributed by atoms with Crippen molar-refractivity contribution in [1.29, 1.82) is 0 Å². The van der Waals surface area contributed by atoms with E-state index in [1.54, 1.807) is 13.0 Å². The molecule has 0 bridgehead atoms. The molecule has 0 radical (unpaired) electrons. The molecule has 1 aromatic carbocycles. The van der Waals surface area contributed by atoms with Gasteiger partial charge >= 0.3 is 0 Å². The first kappa shape index (κ1) is 19.5. The van der Waals surface area contributed by atoms with Gasteiger partial charge in [-0.1, -0.05) is 0 Å². The summed E-state index contributed by atoms with van der Waals surface area (Å²) in [6.07, 6.45) is 1.34. The number of aromatic nitrogens is 5. The molecule has 0 amide bonds. The van der Waals surface area contributed by atoms with Crippen molar-refractivity contribution < 1.29 is 13.5 Å². The number of anilines is 4. The van der Waals surface area contributed by atoms with Gasteiger partial charge in [0, 0.05) is 17.8 Å². The fourth-order valence-electron chi connectivity index (χ4n) is 2.24. The molecule has 2 heterocycles. The number of primary sulfonamides is 1. The molecule has 1 atom stereocenters. The lowest BCUT2D eigenvalue weighted by atomic mass is 10.3. The number of nitrogen functional groups attached to an aromatic ring is 1. The number of hydrogen-bond acceptors (Lipinski definition) is 10. The molecule has 0 fully saturated rings. The lowest BCUT2D eigenvalue weighted by Crippen LogP contribution is -2.20. The van der Waals surface area contributed by atoms with E-state index in [1.807, 2.05) is 0 Å². The highest BCUT2D eigenvalue weighted by Gasteiger charge is 2.13. The molecule has 3 aromatic rings. The fraction of sp³-hybridized carbons (Fsp3) is 0.200. The Balaban J connectivity index is 1.81. The molecule has 2 aromatic heterocycles. The third-order valence-corrected chi connectivity index (χ3v) is 4.54. The molecule has 0 saturated heterocycles. The highest BCUT2D eigenvalue weighted by molar-refractivity contribution is 7.89. The lowest BCUT2D eigenvalue weighted by molar-refractivity contribution is 0.281. The van der Waals surface area contributed by atoms with Gasteiger partial charge in [0.15, 0.2) is 5.82 Å². The maximum atomic E-state index is 11.3. The summed E-state index contributed by atoms with van der Waals surface area (Å²) in [5.41, 5.74) is 6.47. The number of sulfonamides is 1. The number of nitrogens with one attached hydrogen (secondary N) is 2. The van der Waals surface area contributed by atoms with E-state index >= 15 is 0 Å². The Labute approximate surface area is 160 Å². The van der Waals surface area contributed by atoms with Crippen LogP contribution in [0.2, 0.25) is 0 Å². The maximum Gasteiger partial charge on any atom is 0.248 e. The van der Waals surface area contributed by atoms with Gasteiger partial charge in [-0.15, -0.1) is 5.10 Å². The number of nitrogens with two attached hydrogens (primary N) is 2. The molecular formula is C15H19N9O3S. The Morgan fingerprint density at radius 3 is 2.61 bits per heavy atom. The van der Waals surface area contributed by atoms with Gasteiger partial charge in [0.2, 0.25) is 21.9 Å². The summed E-state index contributed by atoms with van der Waals surface area (Å²) in [5, 5.41) is 24.4. The van der Waals surface area contributed by atoms with Gasteiger partial charge in [0.25, 0.3) is 0 Å². The Kier molecular flexibility index (Phi) is 5.39. The normalized spacial score (nSPS) is 12.5. The second-order valence-corrected chi connectivity index (χ2v) is 7.45. The standard InChI is InChI=1S/C15H19N9O3S/c1-9(7-25)20-12-6-13(19-8-18-12)24-14(16)22-15(23-24)21-10-2-4-11(5-3-10)28(17,26)27/h2-6,8-9,25H,7H2,1H3,(H2,17,26,27)(H,18,19,20)(H3,16,21,22,23)/t9-/m0/s1. The zero-order valence-corrected chi connectivity index (χ0v) is 15.6. The van der Waals surface area contributed by atoms with Crippen LogP contribution in [0.5, 0.6) is 0 Å². The van der Waals surface area contributed by atoms with Crippen LogP contribution >= 0.6 is 0 Å². The summed E-state index contributed by atoms with van der Waals surface area (Å²) in [4.78, 5) is 12.3. The maximum absolute atomic E-state index is 11.3. The SMILES string of the molecule is C[C@@H](CO)Nc1cc(-n2nc(Nc3ccc(S(N)(=O)=O)cc3)nc2N)ncn1. The number of benzene rings is 1. The van der Waals surface area contributed by atoms with Crippen molar-refractivity contribution in [3.63, 3.8) is 0 Å². The zero-order valence-electron chi connectivity index (χ0n) is 14.8. The summed E-state index contributed by atoms with van der Waals surface area (Å²) >= 11 is 0. The van der Waals surface area contributed by atoms with Gasteiger partial charge < -0.3 is 21.5 Å². The van der Waals surface area contributed by atoms with Crippen molar-refractivity contribution in [3.05, 3.63) is 36.7 Å². The Morgan fingerprint density at radius 1 is 1.25 bits per heavy atom. The van der Waals surface area contributed by atoms with Gasteiger partial charge in [-0.05, 0) is 31.2 Å². The Bertz CT molecular complexity index is 1070. The van der Waals surface area contributed by atoms with Gasteiger partial charge in [0.1, 0.15) is 12.1 Å². The highest BCUT2D eigenvalue weighted by atomic mass is 32.2. The summed E-state index contributed by atoms with van der Waals surface area (Å²) in [7, 11) is -3.76. The first-order valence-electron chi connectivity index (χ1n) is 8.08. The molecule has 12 nitrogen and oxygen atoms in total. The first-order valence-corrected chi connectivity index (χ1v) is 9.63. The summed E-state index contributed by atoms with van der Waals surface area (Å²) in [6, 6.07) is 7.21. The van der Waals surface area contributed by atoms with Gasteiger partial charge in [0.05, 0.1) is 11.5 Å². The number of rotatable bonds is 7. The summed E-state index contributed by atoms with van der Waals surface area (Å²) in [6.45, 7) is 1.75. The molecule has 0 saturated carbocycles. The molecule has 0 unspecified atom stereocenters. The molecular weight excluding hydrogens is 386 g/mol. The van der Waals surface area contributed by atoms with Crippen LogP contribution in [0.4, 0.5) is 23.4 Å². The van der Waals surface area contributed by atoms with E-state index in [9.17, 15) is 8.42 Å². The quantitative estimate of drug-likeness (QED) is 0.353. The molecule has 0 aliphatic rings. The van der Waals surface area contributed by atoms with Crippen molar-refractivity contribution in [2.45, 2.75) is 17.9 Å². The van der Waals surface area contributed by atoms with E-state index < -0.39 is 10.0 Å². The monoisotopic (exact) mass is 405 g/mol. The minimum Gasteiger partial charge on any atom is -0.394 e. The van der Waals surface area contributed by atoms with Crippen LogP contribution in [0.15, 0.2) is 41.6 Å². The van der Waals surface area contributed by atoms with E-state index in [-0.39, 0.29) is 29.4 Å². The van der Waals surface area contributed by atoms with Crippen LogP contribution in [0, 0.1) is 0 Å². The average Bonchev–Trinajstić information content (AvgIpc) is 3.01. The zero-order chi connectivity index (χ0) is 20.3. The van der Waals surface area contributed by atoms with Gasteiger partial charge in [-0.2, -0.15) is 9.67 Å². The van der Waals surface area contributed by atoms with Crippen molar-refractivity contribution in [1.82, 2.24) is 24.7 Å². The molecule has 3 rings (SSSR count). The molecule has 28 heavy (non-hydrogen) atoms. The van der Waals surface area contributed by atoms with Crippen molar-refractivity contribution >= 4 is 33.4 Å². The number of aliphatic hydroxyl groups is 1. The number of hydrogen-bond donors (Lipinski definition) is 5. The summed E-state index contributed by atoms with van der Waals surface area (Å²) in [5.74, 6) is 1.15. The average molecular weight is 405 g/mol. The molecule has 0 aliphatic heterocycles. The summed E-state index contributed by atoms with van der Waals surface area (Å²) < 4.78 is 23.9. The molecule has 13 heteroatoms. The molecule has 148 valence electrons. The fourth-order valence-corrected chi connectivity index (χ4v) is 2.76. The van der Waals surface area contributed by atoms with Crippen molar-refractivity contribution in [2.24, 2.45) is 5.14 Å². The topological polar surface area (TPSA) is 187 Å². The van der Waals surface area contributed by atoms with Crippen LogP contribution < -0.4 is 21.5 Å². The second-order valence-electron chi connectivity index (χ2n) is 5.89. The minimum absolute atomic E-state index is 0.00539. The van der Waals surface area contributed by atoms with E-state index in [1.165, 1.54) is 35.3 Å². The van der Waals surface area contributed by atoms with E-state index in [0.29, 0.717) is 17.3 Å². The van der Waals surface area contributed by atoms with Crippen LogP contribution in [-0.4, -0.2) is 50.9 Å². The first-order chi connectivity index (χ1) is 13.3. The predicted octanol–water partition coefficient (Wildman–Crippen LogP) is -0.177. The van der Waals surface area contributed by atoms with Crippen LogP contribution in [0.25, 0.3) is 5.82 Å². The molecule has 7 N–H and O–H groups in total. The highest BCUT2D eigenvalue weighted by Crippen LogP contribution is 2.19. The molecule has 0 spiro atoms. The van der Waals surface area contributed by atoms with Crippen molar-refractivity contribution in [3.8, 4) is 5.82 Å². The van der Waals surface area contributed by atoms with E-state index in [0.717, 1.165) is 0 Å². The number of nitrogens with zero attached hydrogens (tertiary/aromatic N) is 5. The van der Waals surface area contributed by atoms with Crippen LogP contribution in [0.3, 0.4) is 0 Å². The van der Waals surface area contributed by atoms with Crippen LogP contribution in [0.1, 0.15) is 6.92 Å². The Morgan fingerprint density at radius 2 is 1.96 bits per heavy atom. The smallest absolute Gasteiger partial charge is 0.248 e. The minimum atomic E-state index is -3.76.